The zero-order chi connectivity index (χ0) is 16.0. The van der Waals surface area contributed by atoms with Crippen LogP contribution in [0.1, 0.15) is 65.2 Å². The molecule has 1 fully saturated rings. The Balaban J connectivity index is 0.00000484. The molecule has 23 heavy (non-hydrogen) atoms. The lowest BCUT2D eigenvalue weighted by Gasteiger charge is -2.21. The Kier molecular flexibility index (Phi) is 15.5. The number of guanidine groups is 1. The monoisotopic (exact) mass is 439 g/mol. The molecule has 0 saturated carbocycles. The van der Waals surface area contributed by atoms with Gasteiger partial charge in [-0.05, 0) is 19.8 Å². The molecule has 0 aliphatic carbocycles. The molecular formula is C18H38IN3O. The summed E-state index contributed by atoms with van der Waals surface area (Å²) in [5.74, 6) is 1.76. The summed E-state index contributed by atoms with van der Waals surface area (Å²) < 4.78 is 5.28. The molecule has 1 unspecified atom stereocenters. The predicted molar refractivity (Wildman–Crippen MR) is 111 cm³/mol. The third-order valence-electron chi connectivity index (χ3n) is 4.35. The Labute approximate surface area is 160 Å². The second-order valence-corrected chi connectivity index (χ2v) is 6.41. The zero-order valence-corrected chi connectivity index (χ0v) is 17.8. The molecule has 1 aliphatic rings. The van der Waals surface area contributed by atoms with Crippen LogP contribution in [0, 0.1) is 5.92 Å². The van der Waals surface area contributed by atoms with Crippen LogP contribution < -0.4 is 5.32 Å². The first-order valence-corrected chi connectivity index (χ1v) is 9.34. The number of nitrogens with zero attached hydrogens (tertiary/aromatic N) is 2. The van der Waals surface area contributed by atoms with Crippen LogP contribution in [0.4, 0.5) is 0 Å². The number of ether oxygens (including phenoxy) is 1. The highest BCUT2D eigenvalue weighted by molar-refractivity contribution is 14.0. The zero-order valence-electron chi connectivity index (χ0n) is 15.5. The van der Waals surface area contributed by atoms with Gasteiger partial charge in [0.2, 0.25) is 0 Å². The Morgan fingerprint density at radius 2 is 1.83 bits per heavy atom. The fraction of sp³-hybridized carbons (Fsp3) is 0.944. The standard InChI is InChI=1S/C18H37N3O.HI/c1-4-6-7-8-9-10-11-13-20-18(19-5-2)21-14-12-17(15-21)16-22-3;/h17H,4-16H2,1-3H3,(H,19,20);1H. The first-order valence-electron chi connectivity index (χ1n) is 9.34. The number of methoxy groups -OCH3 is 1. The molecule has 5 heteroatoms. The molecule has 0 bridgehead atoms. The number of unbranched alkanes of at least 4 members (excludes halogenated alkanes) is 6. The Hall–Kier alpha value is -0.0400. The quantitative estimate of drug-likeness (QED) is 0.226. The third kappa shape index (κ3) is 10.4. The van der Waals surface area contributed by atoms with Gasteiger partial charge >= 0.3 is 0 Å². The highest BCUT2D eigenvalue weighted by Crippen LogP contribution is 2.16. The highest BCUT2D eigenvalue weighted by Gasteiger charge is 2.24. The summed E-state index contributed by atoms with van der Waals surface area (Å²) in [5, 5.41) is 3.44. The molecule has 4 nitrogen and oxygen atoms in total. The second-order valence-electron chi connectivity index (χ2n) is 6.41. The van der Waals surface area contributed by atoms with Gasteiger partial charge in [0.1, 0.15) is 0 Å². The normalized spacial score (nSPS) is 18.1. The number of hydrogen-bond donors (Lipinski definition) is 1. The first-order chi connectivity index (χ1) is 10.8. The van der Waals surface area contributed by atoms with Crippen LogP contribution >= 0.6 is 24.0 Å². The van der Waals surface area contributed by atoms with Crippen molar-refractivity contribution in [2.75, 3.05) is 39.9 Å². The summed E-state index contributed by atoms with van der Waals surface area (Å²) in [4.78, 5) is 7.21. The molecule has 1 N–H and O–H groups in total. The minimum absolute atomic E-state index is 0. The minimum atomic E-state index is 0. The maximum Gasteiger partial charge on any atom is 0.193 e. The van der Waals surface area contributed by atoms with E-state index in [1.54, 1.807) is 7.11 Å². The smallest absolute Gasteiger partial charge is 0.193 e. The lowest BCUT2D eigenvalue weighted by molar-refractivity contribution is 0.157. The van der Waals surface area contributed by atoms with E-state index in [-0.39, 0.29) is 24.0 Å². The summed E-state index contributed by atoms with van der Waals surface area (Å²) in [6.45, 7) is 9.38. The first kappa shape index (κ1) is 23.0. The van der Waals surface area contributed by atoms with E-state index in [4.69, 9.17) is 9.73 Å². The van der Waals surface area contributed by atoms with Gasteiger partial charge in [-0.2, -0.15) is 0 Å². The van der Waals surface area contributed by atoms with Crippen molar-refractivity contribution < 1.29 is 4.74 Å². The lowest BCUT2D eigenvalue weighted by Crippen LogP contribution is -2.40. The molecule has 1 heterocycles. The van der Waals surface area contributed by atoms with Crippen LogP contribution in [0.15, 0.2) is 4.99 Å². The molecule has 1 rings (SSSR count). The maximum atomic E-state index is 5.28. The number of hydrogen-bond acceptors (Lipinski definition) is 2. The second kappa shape index (κ2) is 15.5. The number of nitrogens with one attached hydrogen (secondary N) is 1. The van der Waals surface area contributed by atoms with E-state index < -0.39 is 0 Å². The van der Waals surface area contributed by atoms with Gasteiger partial charge in [0.15, 0.2) is 5.96 Å². The number of halogens is 1. The van der Waals surface area contributed by atoms with Crippen molar-refractivity contribution in [1.82, 2.24) is 10.2 Å². The van der Waals surface area contributed by atoms with Crippen molar-refractivity contribution >= 4 is 29.9 Å². The molecule has 0 aromatic heterocycles. The summed E-state index contributed by atoms with van der Waals surface area (Å²) >= 11 is 0. The van der Waals surface area contributed by atoms with E-state index in [0.29, 0.717) is 5.92 Å². The molecule has 0 amide bonds. The van der Waals surface area contributed by atoms with Crippen LogP contribution in [-0.4, -0.2) is 50.8 Å². The lowest BCUT2D eigenvalue weighted by atomic mass is 10.1. The Bertz CT molecular complexity index is 300. The van der Waals surface area contributed by atoms with Gasteiger partial charge in [0.25, 0.3) is 0 Å². The number of rotatable bonds is 11. The van der Waals surface area contributed by atoms with Gasteiger partial charge in [-0.25, -0.2) is 0 Å². The molecule has 1 saturated heterocycles. The summed E-state index contributed by atoms with van der Waals surface area (Å²) in [6.07, 6.45) is 10.6. The molecule has 0 spiro atoms. The van der Waals surface area contributed by atoms with Crippen molar-refractivity contribution in [1.29, 1.82) is 0 Å². The molecule has 1 aliphatic heterocycles. The van der Waals surface area contributed by atoms with Gasteiger partial charge in [0, 0.05) is 39.2 Å². The van der Waals surface area contributed by atoms with E-state index in [2.05, 4.69) is 24.1 Å². The molecule has 1 atom stereocenters. The number of aliphatic imine (C=N–C) groups is 1. The van der Waals surface area contributed by atoms with E-state index in [1.807, 2.05) is 0 Å². The largest absolute Gasteiger partial charge is 0.384 e. The van der Waals surface area contributed by atoms with E-state index in [9.17, 15) is 0 Å². The molecule has 138 valence electrons. The maximum absolute atomic E-state index is 5.28. The third-order valence-corrected chi connectivity index (χ3v) is 4.35. The van der Waals surface area contributed by atoms with Gasteiger partial charge in [0.05, 0.1) is 6.61 Å². The van der Waals surface area contributed by atoms with Crippen molar-refractivity contribution in [2.24, 2.45) is 10.9 Å². The van der Waals surface area contributed by atoms with Gasteiger partial charge in [-0.1, -0.05) is 45.4 Å². The molecular weight excluding hydrogens is 401 g/mol. The molecule has 0 radical (unpaired) electrons. The van der Waals surface area contributed by atoms with Crippen LogP contribution in [0.2, 0.25) is 0 Å². The fourth-order valence-electron chi connectivity index (χ4n) is 3.08. The van der Waals surface area contributed by atoms with Gasteiger partial charge in [-0.3, -0.25) is 4.99 Å². The van der Waals surface area contributed by atoms with Crippen molar-refractivity contribution in [3.63, 3.8) is 0 Å². The van der Waals surface area contributed by atoms with Crippen LogP contribution in [0.25, 0.3) is 0 Å². The van der Waals surface area contributed by atoms with Crippen molar-refractivity contribution in [3.05, 3.63) is 0 Å². The minimum Gasteiger partial charge on any atom is -0.384 e. The highest BCUT2D eigenvalue weighted by atomic mass is 127. The topological polar surface area (TPSA) is 36.9 Å². The summed E-state index contributed by atoms with van der Waals surface area (Å²) in [6, 6.07) is 0. The average Bonchev–Trinajstić information content (AvgIpc) is 2.98. The van der Waals surface area contributed by atoms with Crippen LogP contribution in [0.3, 0.4) is 0 Å². The van der Waals surface area contributed by atoms with Crippen LogP contribution in [0.5, 0.6) is 0 Å². The van der Waals surface area contributed by atoms with Crippen LogP contribution in [-0.2, 0) is 4.74 Å². The summed E-state index contributed by atoms with van der Waals surface area (Å²) in [7, 11) is 1.79. The van der Waals surface area contributed by atoms with Gasteiger partial charge in [-0.15, -0.1) is 24.0 Å². The Morgan fingerprint density at radius 3 is 2.48 bits per heavy atom. The molecule has 0 aromatic carbocycles. The summed E-state index contributed by atoms with van der Waals surface area (Å²) in [5.41, 5.74) is 0. The average molecular weight is 439 g/mol. The van der Waals surface area contributed by atoms with E-state index in [1.165, 1.54) is 51.4 Å². The van der Waals surface area contributed by atoms with E-state index in [0.717, 1.165) is 38.7 Å². The molecule has 0 aromatic rings. The van der Waals surface area contributed by atoms with Crippen molar-refractivity contribution in [3.8, 4) is 0 Å². The Morgan fingerprint density at radius 1 is 1.13 bits per heavy atom. The predicted octanol–water partition coefficient (Wildman–Crippen LogP) is 4.29. The van der Waals surface area contributed by atoms with Gasteiger partial charge < -0.3 is 15.0 Å². The number of likely N-dealkylation sites (tertiary alicyclic amines) is 1. The fourth-order valence-corrected chi connectivity index (χ4v) is 3.08. The van der Waals surface area contributed by atoms with Crippen molar-refractivity contribution in [2.45, 2.75) is 65.2 Å². The van der Waals surface area contributed by atoms with E-state index >= 15 is 0 Å². The SMILES string of the molecule is CCCCCCCCCN=C(NCC)N1CCC(COC)C1.I.